The molecule has 3 rings (SSSR count). The SMILES string of the molecule is Cc1ccc(C)c(S(=O)(=O)N2CCC(Oc3cc(C)n(C)c(=O)c3)C2)c1. The molecule has 1 fully saturated rings. The molecule has 0 spiro atoms. The topological polar surface area (TPSA) is 68.6 Å². The van der Waals surface area contributed by atoms with E-state index in [1.54, 1.807) is 30.7 Å². The first-order valence-corrected chi connectivity index (χ1v) is 10.0. The lowest BCUT2D eigenvalue weighted by Crippen LogP contribution is -2.31. The van der Waals surface area contributed by atoms with E-state index in [1.807, 2.05) is 26.0 Å². The number of hydrogen-bond acceptors (Lipinski definition) is 4. The number of ether oxygens (including phenoxy) is 1. The van der Waals surface area contributed by atoms with Gasteiger partial charge in [-0.2, -0.15) is 4.31 Å². The second-order valence-electron chi connectivity index (χ2n) is 6.89. The summed E-state index contributed by atoms with van der Waals surface area (Å²) in [5.74, 6) is 0.488. The lowest BCUT2D eigenvalue weighted by molar-refractivity contribution is 0.214. The fourth-order valence-corrected chi connectivity index (χ4v) is 4.93. The van der Waals surface area contributed by atoms with Gasteiger partial charge >= 0.3 is 0 Å². The monoisotopic (exact) mass is 376 g/mol. The standard InChI is InChI=1S/C19H24N2O4S/c1-13-5-6-14(2)18(9-13)26(23,24)21-8-7-16(12-21)25-17-10-15(3)20(4)19(22)11-17/h5-6,9-11,16H,7-8,12H2,1-4H3. The predicted molar refractivity (Wildman–Crippen MR) is 100 cm³/mol. The van der Waals surface area contributed by atoms with Crippen molar-refractivity contribution >= 4 is 10.0 Å². The van der Waals surface area contributed by atoms with Crippen molar-refractivity contribution < 1.29 is 13.2 Å². The molecule has 2 aromatic rings. The highest BCUT2D eigenvalue weighted by molar-refractivity contribution is 7.89. The van der Waals surface area contributed by atoms with E-state index < -0.39 is 10.0 Å². The minimum atomic E-state index is -3.55. The quantitative estimate of drug-likeness (QED) is 0.820. The summed E-state index contributed by atoms with van der Waals surface area (Å²) in [5.41, 5.74) is 2.31. The Hall–Kier alpha value is -2.12. The fraction of sp³-hybridized carbons (Fsp3) is 0.421. The third kappa shape index (κ3) is 3.54. The van der Waals surface area contributed by atoms with Gasteiger partial charge < -0.3 is 9.30 Å². The Bertz CT molecular complexity index is 995. The van der Waals surface area contributed by atoms with E-state index in [1.165, 1.54) is 10.4 Å². The molecule has 1 aromatic heterocycles. The largest absolute Gasteiger partial charge is 0.489 e. The van der Waals surface area contributed by atoms with E-state index in [0.717, 1.165) is 16.8 Å². The van der Waals surface area contributed by atoms with Gasteiger partial charge in [0.1, 0.15) is 11.9 Å². The van der Waals surface area contributed by atoms with Crippen LogP contribution in [0.4, 0.5) is 0 Å². The molecule has 26 heavy (non-hydrogen) atoms. The van der Waals surface area contributed by atoms with E-state index in [0.29, 0.717) is 23.6 Å². The molecule has 1 unspecified atom stereocenters. The Morgan fingerprint density at radius 2 is 1.85 bits per heavy atom. The maximum atomic E-state index is 13.0. The number of nitrogens with zero attached hydrogens (tertiary/aromatic N) is 2. The van der Waals surface area contributed by atoms with E-state index in [9.17, 15) is 13.2 Å². The molecule has 0 N–H and O–H groups in total. The molecule has 1 aromatic carbocycles. The van der Waals surface area contributed by atoms with Gasteiger partial charge in [-0.05, 0) is 50.5 Å². The van der Waals surface area contributed by atoms with Gasteiger partial charge in [0, 0.05) is 25.4 Å². The summed E-state index contributed by atoms with van der Waals surface area (Å²) in [6.07, 6.45) is 0.333. The molecule has 140 valence electrons. The van der Waals surface area contributed by atoms with Gasteiger partial charge in [0.25, 0.3) is 5.56 Å². The second-order valence-corrected chi connectivity index (χ2v) is 8.80. The average molecular weight is 376 g/mol. The Labute approximate surface area is 154 Å². The Morgan fingerprint density at radius 3 is 2.54 bits per heavy atom. The first-order valence-electron chi connectivity index (χ1n) is 8.60. The summed E-state index contributed by atoms with van der Waals surface area (Å²) in [7, 11) is -1.85. The number of sulfonamides is 1. The highest BCUT2D eigenvalue weighted by Crippen LogP contribution is 2.26. The molecule has 2 heterocycles. The van der Waals surface area contributed by atoms with Crippen molar-refractivity contribution in [2.75, 3.05) is 13.1 Å². The van der Waals surface area contributed by atoms with Crippen LogP contribution in [0.25, 0.3) is 0 Å². The van der Waals surface area contributed by atoms with Gasteiger partial charge in [0.15, 0.2) is 0 Å². The smallest absolute Gasteiger partial charge is 0.254 e. The number of aryl methyl sites for hydroxylation is 3. The van der Waals surface area contributed by atoms with Crippen LogP contribution in [-0.4, -0.2) is 36.5 Å². The molecule has 6 nitrogen and oxygen atoms in total. The van der Waals surface area contributed by atoms with Gasteiger partial charge in [-0.3, -0.25) is 4.79 Å². The number of rotatable bonds is 4. The van der Waals surface area contributed by atoms with Crippen LogP contribution in [0.3, 0.4) is 0 Å². The van der Waals surface area contributed by atoms with Crippen molar-refractivity contribution in [3.8, 4) is 5.75 Å². The molecular formula is C19H24N2O4S. The number of pyridine rings is 1. The van der Waals surface area contributed by atoms with Crippen molar-refractivity contribution in [3.63, 3.8) is 0 Å². The maximum Gasteiger partial charge on any atom is 0.254 e. The van der Waals surface area contributed by atoms with Crippen LogP contribution in [0.5, 0.6) is 5.75 Å². The van der Waals surface area contributed by atoms with Gasteiger partial charge in [-0.15, -0.1) is 0 Å². The molecule has 1 atom stereocenters. The van der Waals surface area contributed by atoms with Crippen LogP contribution in [0.1, 0.15) is 23.2 Å². The third-order valence-electron chi connectivity index (χ3n) is 4.85. The molecule has 7 heteroatoms. The van der Waals surface area contributed by atoms with Gasteiger partial charge in [-0.25, -0.2) is 8.42 Å². The molecule has 0 saturated carbocycles. The van der Waals surface area contributed by atoms with Gasteiger partial charge in [-0.1, -0.05) is 12.1 Å². The number of aromatic nitrogens is 1. The summed E-state index contributed by atoms with van der Waals surface area (Å²) < 4.78 is 34.8. The van der Waals surface area contributed by atoms with Crippen LogP contribution in [0.15, 0.2) is 40.0 Å². The average Bonchev–Trinajstić information content (AvgIpc) is 3.04. The minimum Gasteiger partial charge on any atom is -0.489 e. The van der Waals surface area contributed by atoms with Gasteiger partial charge in [0.2, 0.25) is 10.0 Å². The van der Waals surface area contributed by atoms with Crippen molar-refractivity contribution in [1.82, 2.24) is 8.87 Å². The predicted octanol–water partition coefficient (Wildman–Crippen LogP) is 2.15. The van der Waals surface area contributed by atoms with Gasteiger partial charge in [0.05, 0.1) is 11.4 Å². The molecule has 0 amide bonds. The van der Waals surface area contributed by atoms with Crippen molar-refractivity contribution in [2.45, 2.75) is 38.2 Å². The number of hydrogen-bond donors (Lipinski definition) is 0. The zero-order valence-corrected chi connectivity index (χ0v) is 16.3. The molecule has 1 aliphatic heterocycles. The summed E-state index contributed by atoms with van der Waals surface area (Å²) in [5, 5.41) is 0. The van der Waals surface area contributed by atoms with E-state index >= 15 is 0 Å². The Morgan fingerprint density at radius 1 is 1.12 bits per heavy atom. The van der Waals surface area contributed by atoms with E-state index in [2.05, 4.69) is 0 Å². The second kappa shape index (κ2) is 6.89. The molecule has 1 saturated heterocycles. The zero-order valence-electron chi connectivity index (χ0n) is 15.5. The third-order valence-corrected chi connectivity index (χ3v) is 6.86. The van der Waals surface area contributed by atoms with Crippen LogP contribution < -0.4 is 10.3 Å². The van der Waals surface area contributed by atoms with E-state index in [4.69, 9.17) is 4.74 Å². The van der Waals surface area contributed by atoms with Crippen LogP contribution in [0.2, 0.25) is 0 Å². The summed E-state index contributed by atoms with van der Waals surface area (Å²) in [6, 6.07) is 8.68. The first-order chi connectivity index (χ1) is 12.2. The van der Waals surface area contributed by atoms with Crippen LogP contribution in [0, 0.1) is 20.8 Å². The van der Waals surface area contributed by atoms with Crippen molar-refractivity contribution in [1.29, 1.82) is 0 Å². The first kappa shape index (κ1) is 18.7. The zero-order chi connectivity index (χ0) is 19.1. The summed E-state index contributed by atoms with van der Waals surface area (Å²) in [4.78, 5) is 12.2. The van der Waals surface area contributed by atoms with Crippen LogP contribution in [-0.2, 0) is 17.1 Å². The molecule has 0 bridgehead atoms. The highest BCUT2D eigenvalue weighted by Gasteiger charge is 2.34. The number of benzene rings is 1. The highest BCUT2D eigenvalue weighted by atomic mass is 32.2. The molecular weight excluding hydrogens is 352 g/mol. The molecule has 1 aliphatic rings. The van der Waals surface area contributed by atoms with Crippen LogP contribution >= 0.6 is 0 Å². The van der Waals surface area contributed by atoms with Crippen molar-refractivity contribution in [2.24, 2.45) is 7.05 Å². The Balaban J connectivity index is 1.78. The van der Waals surface area contributed by atoms with Crippen molar-refractivity contribution in [3.05, 3.63) is 57.5 Å². The summed E-state index contributed by atoms with van der Waals surface area (Å²) >= 11 is 0. The lowest BCUT2D eigenvalue weighted by atomic mass is 10.2. The minimum absolute atomic E-state index is 0.141. The Kier molecular flexibility index (Phi) is 4.94. The molecule has 0 radical (unpaired) electrons. The normalized spacial score (nSPS) is 18.2. The maximum absolute atomic E-state index is 13.0. The fourth-order valence-electron chi connectivity index (χ4n) is 3.13. The summed E-state index contributed by atoms with van der Waals surface area (Å²) in [6.45, 7) is 6.21. The lowest BCUT2D eigenvalue weighted by Gasteiger charge is -2.19. The molecule has 0 aliphatic carbocycles. The van der Waals surface area contributed by atoms with E-state index in [-0.39, 0.29) is 18.2 Å².